The van der Waals surface area contributed by atoms with Gasteiger partial charge in [-0.05, 0) is 54.5 Å². The van der Waals surface area contributed by atoms with Gasteiger partial charge in [-0.1, -0.05) is 44.2 Å². The standard InChI is InChI=1S/C23H26O3/c1-16(2)12-13-26-21-11-8-17(15-22(21)25-3)14-19-10-9-18-6-4-5-7-20(18)23(19)24/h4-8,11,14-16H,9-10,12-13H2,1-3H3/b19-14-. The summed E-state index contributed by atoms with van der Waals surface area (Å²) in [5.74, 6) is 2.18. The predicted octanol–water partition coefficient (Wildman–Crippen LogP) is 5.33. The normalized spacial score (nSPS) is 15.2. The SMILES string of the molecule is COc1cc(/C=C2/CCc3ccccc3C2=O)ccc1OCCC(C)C. The molecule has 3 nitrogen and oxygen atoms in total. The predicted molar refractivity (Wildman–Crippen MR) is 105 cm³/mol. The maximum atomic E-state index is 12.7. The van der Waals surface area contributed by atoms with Crippen LogP contribution in [0, 0.1) is 5.92 Å². The Labute approximate surface area is 155 Å². The van der Waals surface area contributed by atoms with Crippen molar-refractivity contribution in [1.82, 2.24) is 0 Å². The summed E-state index contributed by atoms with van der Waals surface area (Å²) in [7, 11) is 1.64. The van der Waals surface area contributed by atoms with Crippen LogP contribution in [0.2, 0.25) is 0 Å². The van der Waals surface area contributed by atoms with Crippen molar-refractivity contribution in [3.63, 3.8) is 0 Å². The zero-order valence-electron chi connectivity index (χ0n) is 15.7. The fraction of sp³-hybridized carbons (Fsp3) is 0.348. The molecule has 0 N–H and O–H groups in total. The summed E-state index contributed by atoms with van der Waals surface area (Å²) < 4.78 is 11.3. The molecule has 0 fully saturated rings. The van der Waals surface area contributed by atoms with Gasteiger partial charge in [-0.25, -0.2) is 0 Å². The van der Waals surface area contributed by atoms with E-state index in [2.05, 4.69) is 13.8 Å². The number of rotatable bonds is 6. The molecule has 0 bridgehead atoms. The van der Waals surface area contributed by atoms with Crippen LogP contribution in [0.3, 0.4) is 0 Å². The quantitative estimate of drug-likeness (QED) is 0.660. The minimum atomic E-state index is 0.128. The lowest BCUT2D eigenvalue weighted by Crippen LogP contribution is -2.13. The average molecular weight is 350 g/mol. The number of benzene rings is 2. The molecule has 0 spiro atoms. The van der Waals surface area contributed by atoms with Gasteiger partial charge in [0.1, 0.15) is 0 Å². The Kier molecular flexibility index (Phi) is 5.77. The van der Waals surface area contributed by atoms with E-state index in [1.165, 1.54) is 0 Å². The molecular formula is C23H26O3. The van der Waals surface area contributed by atoms with E-state index in [0.29, 0.717) is 18.3 Å². The first kappa shape index (κ1) is 18.2. The Balaban J connectivity index is 1.80. The van der Waals surface area contributed by atoms with Gasteiger partial charge in [-0.15, -0.1) is 0 Å². The van der Waals surface area contributed by atoms with Gasteiger partial charge in [-0.2, -0.15) is 0 Å². The Morgan fingerprint density at radius 2 is 1.88 bits per heavy atom. The second-order valence-corrected chi connectivity index (χ2v) is 7.10. The molecule has 0 aromatic heterocycles. The van der Waals surface area contributed by atoms with Gasteiger partial charge in [0.15, 0.2) is 17.3 Å². The molecule has 3 rings (SSSR count). The minimum absolute atomic E-state index is 0.128. The van der Waals surface area contributed by atoms with Crippen molar-refractivity contribution in [3.8, 4) is 11.5 Å². The third kappa shape index (κ3) is 4.16. The number of fused-ring (bicyclic) bond motifs is 1. The lowest BCUT2D eigenvalue weighted by Gasteiger charge is -2.17. The van der Waals surface area contributed by atoms with Crippen LogP contribution in [0.15, 0.2) is 48.0 Å². The summed E-state index contributed by atoms with van der Waals surface area (Å²) >= 11 is 0. The Bertz CT molecular complexity index is 818. The van der Waals surface area contributed by atoms with Gasteiger partial charge in [0.25, 0.3) is 0 Å². The molecule has 0 heterocycles. The van der Waals surface area contributed by atoms with E-state index in [-0.39, 0.29) is 5.78 Å². The number of aryl methyl sites for hydroxylation is 1. The van der Waals surface area contributed by atoms with Crippen molar-refractivity contribution in [3.05, 3.63) is 64.7 Å². The Hall–Kier alpha value is -2.55. The number of ether oxygens (including phenoxy) is 2. The number of Topliss-reactive ketones (excluding diaryl/α,β-unsaturated/α-hetero) is 1. The summed E-state index contributed by atoms with van der Waals surface area (Å²) in [6.45, 7) is 5.02. The van der Waals surface area contributed by atoms with Crippen LogP contribution in [-0.4, -0.2) is 19.5 Å². The molecule has 0 radical (unpaired) electrons. The summed E-state index contributed by atoms with van der Waals surface area (Å²) in [4.78, 5) is 12.7. The second-order valence-electron chi connectivity index (χ2n) is 7.10. The van der Waals surface area contributed by atoms with E-state index in [1.807, 2.05) is 48.5 Å². The first-order valence-corrected chi connectivity index (χ1v) is 9.22. The molecule has 0 aliphatic heterocycles. The third-order valence-corrected chi connectivity index (χ3v) is 4.70. The fourth-order valence-corrected chi connectivity index (χ4v) is 3.15. The van der Waals surface area contributed by atoms with Gasteiger partial charge in [0.2, 0.25) is 0 Å². The summed E-state index contributed by atoms with van der Waals surface area (Å²) in [6.07, 6.45) is 4.65. The molecule has 3 heteroatoms. The highest BCUT2D eigenvalue weighted by atomic mass is 16.5. The van der Waals surface area contributed by atoms with Crippen molar-refractivity contribution in [1.29, 1.82) is 0 Å². The van der Waals surface area contributed by atoms with Crippen molar-refractivity contribution in [2.24, 2.45) is 5.92 Å². The van der Waals surface area contributed by atoms with Crippen molar-refractivity contribution in [2.45, 2.75) is 33.1 Å². The lowest BCUT2D eigenvalue weighted by atomic mass is 9.86. The molecular weight excluding hydrogens is 324 g/mol. The number of hydrogen-bond acceptors (Lipinski definition) is 3. The number of allylic oxidation sites excluding steroid dienone is 1. The highest BCUT2D eigenvalue weighted by molar-refractivity contribution is 6.13. The first-order valence-electron chi connectivity index (χ1n) is 9.22. The maximum Gasteiger partial charge on any atom is 0.189 e. The Morgan fingerprint density at radius 1 is 1.08 bits per heavy atom. The van der Waals surface area contributed by atoms with Crippen LogP contribution >= 0.6 is 0 Å². The smallest absolute Gasteiger partial charge is 0.189 e. The summed E-state index contributed by atoms with van der Waals surface area (Å²) in [5.41, 5.74) is 3.77. The topological polar surface area (TPSA) is 35.5 Å². The van der Waals surface area contributed by atoms with Gasteiger partial charge >= 0.3 is 0 Å². The molecule has 0 saturated carbocycles. The van der Waals surface area contributed by atoms with E-state index in [9.17, 15) is 4.79 Å². The molecule has 1 aliphatic carbocycles. The fourth-order valence-electron chi connectivity index (χ4n) is 3.15. The van der Waals surface area contributed by atoms with Crippen LogP contribution in [-0.2, 0) is 6.42 Å². The molecule has 2 aromatic carbocycles. The monoisotopic (exact) mass is 350 g/mol. The summed E-state index contributed by atoms with van der Waals surface area (Å²) in [5, 5.41) is 0. The van der Waals surface area contributed by atoms with Crippen molar-refractivity contribution < 1.29 is 14.3 Å². The number of methoxy groups -OCH3 is 1. The van der Waals surface area contributed by atoms with Crippen LogP contribution in [0.5, 0.6) is 11.5 Å². The van der Waals surface area contributed by atoms with Gasteiger partial charge in [0, 0.05) is 11.1 Å². The van der Waals surface area contributed by atoms with Crippen molar-refractivity contribution >= 4 is 11.9 Å². The lowest BCUT2D eigenvalue weighted by molar-refractivity contribution is 0.102. The average Bonchev–Trinajstić information content (AvgIpc) is 2.65. The molecule has 0 saturated heterocycles. The van der Waals surface area contributed by atoms with Crippen LogP contribution in [0.4, 0.5) is 0 Å². The van der Waals surface area contributed by atoms with Crippen LogP contribution < -0.4 is 9.47 Å². The van der Waals surface area contributed by atoms with Gasteiger partial charge in [-0.3, -0.25) is 4.79 Å². The number of ketones is 1. The third-order valence-electron chi connectivity index (χ3n) is 4.70. The summed E-state index contributed by atoms with van der Waals surface area (Å²) in [6, 6.07) is 13.7. The zero-order valence-corrected chi connectivity index (χ0v) is 15.7. The molecule has 0 unspecified atom stereocenters. The second kappa shape index (κ2) is 8.22. The minimum Gasteiger partial charge on any atom is -0.493 e. The van der Waals surface area contributed by atoms with E-state index in [1.54, 1.807) is 7.11 Å². The van der Waals surface area contributed by atoms with Gasteiger partial charge in [0.05, 0.1) is 13.7 Å². The van der Waals surface area contributed by atoms with Gasteiger partial charge < -0.3 is 9.47 Å². The molecule has 136 valence electrons. The van der Waals surface area contributed by atoms with Crippen LogP contribution in [0.1, 0.15) is 48.2 Å². The van der Waals surface area contributed by atoms with Crippen molar-refractivity contribution in [2.75, 3.05) is 13.7 Å². The highest BCUT2D eigenvalue weighted by Gasteiger charge is 2.21. The first-order chi connectivity index (χ1) is 12.6. The molecule has 1 aliphatic rings. The molecule has 0 amide bonds. The van der Waals surface area contributed by atoms with E-state index >= 15 is 0 Å². The zero-order chi connectivity index (χ0) is 18.5. The largest absolute Gasteiger partial charge is 0.493 e. The Morgan fingerprint density at radius 3 is 2.65 bits per heavy atom. The number of hydrogen-bond donors (Lipinski definition) is 0. The molecule has 0 atom stereocenters. The van der Waals surface area contributed by atoms with E-state index in [4.69, 9.17) is 9.47 Å². The maximum absolute atomic E-state index is 12.7. The number of carbonyl (C=O) groups excluding carboxylic acids is 1. The highest BCUT2D eigenvalue weighted by Crippen LogP contribution is 2.31. The number of carbonyl (C=O) groups is 1. The van der Waals surface area contributed by atoms with Crippen LogP contribution in [0.25, 0.3) is 6.08 Å². The van der Waals surface area contributed by atoms with E-state index < -0.39 is 0 Å². The molecule has 26 heavy (non-hydrogen) atoms. The molecule has 2 aromatic rings. The van der Waals surface area contributed by atoms with E-state index in [0.717, 1.165) is 47.3 Å².